The molecule has 1 aromatic carbocycles. The van der Waals surface area contributed by atoms with E-state index in [1.54, 1.807) is 0 Å². The molecule has 1 aromatic rings. The van der Waals surface area contributed by atoms with Crippen molar-refractivity contribution >= 4 is 0 Å². The van der Waals surface area contributed by atoms with Crippen molar-refractivity contribution in [3.63, 3.8) is 0 Å². The van der Waals surface area contributed by atoms with Crippen LogP contribution in [0.25, 0.3) is 0 Å². The predicted molar refractivity (Wildman–Crippen MR) is 541 cm³/mol. The van der Waals surface area contributed by atoms with Crippen LogP contribution in [0.2, 0.25) is 0 Å². The van der Waals surface area contributed by atoms with E-state index >= 15 is 0 Å². The molecule has 0 amide bonds. The van der Waals surface area contributed by atoms with Crippen LogP contribution in [0.3, 0.4) is 0 Å². The maximum absolute atomic E-state index is 8.63. The van der Waals surface area contributed by atoms with Gasteiger partial charge in [0.1, 0.15) is 0 Å². The van der Waals surface area contributed by atoms with Crippen LogP contribution in [-0.4, -0.2) is 626 Å². The molecule has 149 heavy (non-hydrogen) atoms. The van der Waals surface area contributed by atoms with Crippen molar-refractivity contribution in [3.8, 4) is 0 Å². The molecular weight excluding hydrogens is 1980 g/mol. The summed E-state index contributed by atoms with van der Waals surface area (Å²) in [5, 5.41) is 8.63. The standard InChI is InChI=1S/C101H196O48/c102-6-7-103-8-9-104-10-11-105-12-13-106-14-15-107-16-17-108-18-19-109-20-21-110-22-23-111-24-25-112-26-27-113-28-29-114-30-31-115-32-33-116-34-35-117-36-37-118-38-39-119-40-41-120-42-43-121-44-45-122-46-47-123-48-49-124-50-51-125-52-53-126-54-55-127-56-57-128-58-59-129-60-61-130-62-63-131-64-65-132-66-67-133-68-69-134-70-71-135-72-73-136-74-75-137-76-77-138-78-79-139-80-81-140-82-83-141-84-85-142-86-87-143-88-89-144-90-91-145-92-93-146-94-95-147-96-97-148-98-99-149-100-101-4-2-1-3-5-101/h1-5,102H,6-100H2. The molecule has 0 atom stereocenters. The Morgan fingerprint density at radius 1 is 0.0872 bits per heavy atom. The van der Waals surface area contributed by atoms with E-state index in [9.17, 15) is 0 Å². The molecule has 0 aliphatic rings. The third-order valence-electron chi connectivity index (χ3n) is 18.5. The lowest BCUT2D eigenvalue weighted by molar-refractivity contribution is -0.0330. The van der Waals surface area contributed by atoms with Gasteiger partial charge in [-0.05, 0) is 5.56 Å². The molecule has 0 saturated carbocycles. The van der Waals surface area contributed by atoms with E-state index in [1.807, 2.05) is 30.3 Å². The molecule has 0 heterocycles. The first kappa shape index (κ1) is 144. The summed E-state index contributed by atoms with van der Waals surface area (Å²) in [4.78, 5) is 0. The number of ether oxygens (including phenoxy) is 47. The fraction of sp³-hybridized carbons (Fsp3) is 0.941. The minimum Gasteiger partial charge on any atom is -0.394 e. The van der Waals surface area contributed by atoms with Gasteiger partial charge in [-0.2, -0.15) is 0 Å². The van der Waals surface area contributed by atoms with Crippen LogP contribution < -0.4 is 0 Å². The van der Waals surface area contributed by atoms with Gasteiger partial charge in [0.05, 0.1) is 628 Å². The predicted octanol–water partition coefficient (Wildman–Crippen LogP) is 1.96. The molecule has 0 aromatic heterocycles. The zero-order valence-corrected chi connectivity index (χ0v) is 90.2. The normalized spacial score (nSPS) is 11.8. The molecule has 0 saturated heterocycles. The molecule has 888 valence electrons. The van der Waals surface area contributed by atoms with Gasteiger partial charge in [-0.15, -0.1) is 0 Å². The van der Waals surface area contributed by atoms with Gasteiger partial charge in [0.2, 0.25) is 0 Å². The Morgan fingerprint density at radius 2 is 0.154 bits per heavy atom. The summed E-state index contributed by atoms with van der Waals surface area (Å²) in [6.07, 6.45) is 0. The smallest absolute Gasteiger partial charge is 0.0718 e. The monoisotopic (exact) mass is 2180 g/mol. The van der Waals surface area contributed by atoms with E-state index in [1.165, 1.54) is 0 Å². The fourth-order valence-electron chi connectivity index (χ4n) is 10.9. The van der Waals surface area contributed by atoms with Crippen LogP contribution in [0.1, 0.15) is 5.56 Å². The molecule has 48 nitrogen and oxygen atoms in total. The van der Waals surface area contributed by atoms with Gasteiger partial charge in [0.25, 0.3) is 0 Å². The maximum atomic E-state index is 8.63. The molecule has 1 N–H and O–H groups in total. The SMILES string of the molecule is OCCOCCOCCOCCOCCOCCOCCOCCOCCOCCOCCOCCOCCOCCOCCOCCOCCOCCOCCOCCOCCOCCOCCOCCOCCOCCOCCOCCOCCOCCOCCOCCOCCOCCOCCOCCOCCOCCOCCOCCOCCOCCOCCOCCOCCOCCOCCOCc1ccccc1. The zero-order valence-electron chi connectivity index (χ0n) is 90.2. The number of rotatable bonds is 142. The van der Waals surface area contributed by atoms with Gasteiger partial charge in [0.15, 0.2) is 0 Å². The molecule has 0 bridgehead atoms. The van der Waals surface area contributed by atoms with E-state index in [4.69, 9.17) is 228 Å². The van der Waals surface area contributed by atoms with Crippen molar-refractivity contribution in [2.45, 2.75) is 6.61 Å². The average molecular weight is 2180 g/mol. The van der Waals surface area contributed by atoms with Crippen molar-refractivity contribution in [2.24, 2.45) is 0 Å². The summed E-state index contributed by atoms with van der Waals surface area (Å²) in [7, 11) is 0. The number of hydrogen-bond acceptors (Lipinski definition) is 48. The third-order valence-corrected chi connectivity index (χ3v) is 18.5. The van der Waals surface area contributed by atoms with Crippen molar-refractivity contribution < 1.29 is 228 Å². The second-order valence-electron chi connectivity index (χ2n) is 30.4. The summed E-state index contributed by atoms with van der Waals surface area (Å²) >= 11 is 0. The average Bonchev–Trinajstić information content (AvgIpc) is 0.963. The highest BCUT2D eigenvalue weighted by molar-refractivity contribution is 5.13. The summed E-state index contributed by atoms with van der Waals surface area (Å²) < 4.78 is 260. The van der Waals surface area contributed by atoms with Gasteiger partial charge < -0.3 is 228 Å². The second-order valence-corrected chi connectivity index (χ2v) is 30.4. The van der Waals surface area contributed by atoms with Crippen molar-refractivity contribution in [2.75, 3.05) is 621 Å². The van der Waals surface area contributed by atoms with E-state index in [0.717, 1.165) is 5.56 Å². The van der Waals surface area contributed by atoms with Crippen LogP contribution in [-0.2, 0) is 229 Å². The van der Waals surface area contributed by atoms with E-state index < -0.39 is 0 Å². The lowest BCUT2D eigenvalue weighted by atomic mass is 10.2. The number of aliphatic hydroxyl groups is 1. The Morgan fingerprint density at radius 3 is 0.228 bits per heavy atom. The molecule has 0 fully saturated rings. The molecule has 0 spiro atoms. The first-order valence-corrected chi connectivity index (χ1v) is 53.2. The van der Waals surface area contributed by atoms with E-state index in [0.29, 0.717) is 621 Å². The van der Waals surface area contributed by atoms with Gasteiger partial charge >= 0.3 is 0 Å². The van der Waals surface area contributed by atoms with Crippen LogP contribution in [0.4, 0.5) is 0 Å². The van der Waals surface area contributed by atoms with Crippen molar-refractivity contribution in [3.05, 3.63) is 35.9 Å². The van der Waals surface area contributed by atoms with Gasteiger partial charge in [-0.25, -0.2) is 0 Å². The minimum absolute atomic E-state index is 0.0140. The lowest BCUT2D eigenvalue weighted by Crippen LogP contribution is -2.16. The Hall–Kier alpha value is -2.70. The molecule has 0 radical (unpaired) electrons. The lowest BCUT2D eigenvalue weighted by Gasteiger charge is -2.09. The quantitative estimate of drug-likeness (QED) is 0.0911. The topological polar surface area (TPSA) is 454 Å². The maximum Gasteiger partial charge on any atom is 0.0718 e. The summed E-state index contributed by atoms with van der Waals surface area (Å²) in [6, 6.07) is 10.1. The fourth-order valence-corrected chi connectivity index (χ4v) is 10.9. The number of benzene rings is 1. The number of hydrogen-bond donors (Lipinski definition) is 1. The first-order valence-electron chi connectivity index (χ1n) is 53.2. The van der Waals surface area contributed by atoms with Gasteiger partial charge in [0, 0.05) is 0 Å². The van der Waals surface area contributed by atoms with Crippen LogP contribution >= 0.6 is 0 Å². The Bertz CT molecular complexity index is 2230. The number of aliphatic hydroxyl groups excluding tert-OH is 1. The molecule has 0 unspecified atom stereocenters. The molecular formula is C101H196O48. The highest BCUT2D eigenvalue weighted by Crippen LogP contribution is 2.02. The Balaban J connectivity index is 1.57. The molecule has 1 rings (SSSR count). The first-order chi connectivity index (χ1) is 74.4. The van der Waals surface area contributed by atoms with Crippen LogP contribution in [0, 0.1) is 0 Å². The highest BCUT2D eigenvalue weighted by atomic mass is 16.7. The van der Waals surface area contributed by atoms with Crippen LogP contribution in [0.5, 0.6) is 0 Å². The van der Waals surface area contributed by atoms with Gasteiger partial charge in [-0.1, -0.05) is 30.3 Å². The summed E-state index contributed by atoms with van der Waals surface area (Å²) in [6.45, 7) is 45.1. The second kappa shape index (κ2) is 139. The largest absolute Gasteiger partial charge is 0.394 e. The van der Waals surface area contributed by atoms with Crippen LogP contribution in [0.15, 0.2) is 30.3 Å². The van der Waals surface area contributed by atoms with E-state index in [-0.39, 0.29) is 6.61 Å². The summed E-state index contributed by atoms with van der Waals surface area (Å²) in [5.74, 6) is 0. The Labute approximate surface area is 887 Å². The van der Waals surface area contributed by atoms with Gasteiger partial charge in [-0.3, -0.25) is 0 Å². The van der Waals surface area contributed by atoms with Crippen molar-refractivity contribution in [1.82, 2.24) is 0 Å². The third kappa shape index (κ3) is 136. The molecule has 0 aliphatic carbocycles. The van der Waals surface area contributed by atoms with Crippen molar-refractivity contribution in [1.29, 1.82) is 0 Å². The molecule has 0 aliphatic heterocycles. The summed E-state index contributed by atoms with van der Waals surface area (Å²) in [5.41, 5.74) is 1.15. The van der Waals surface area contributed by atoms with E-state index in [2.05, 4.69) is 0 Å². The highest BCUT2D eigenvalue weighted by Gasteiger charge is 2.08. The molecule has 48 heteroatoms. The zero-order chi connectivity index (χ0) is 106. The minimum atomic E-state index is 0.0140. The Kier molecular flexibility index (Phi) is 135.